The van der Waals surface area contributed by atoms with Gasteiger partial charge in [-0.2, -0.15) is 0 Å². The smallest absolute Gasteiger partial charge is 0.291 e. The first-order chi connectivity index (χ1) is 13.6. The van der Waals surface area contributed by atoms with E-state index in [-0.39, 0.29) is 17.6 Å². The summed E-state index contributed by atoms with van der Waals surface area (Å²) in [5.74, 6) is 0.565. The van der Waals surface area contributed by atoms with Crippen LogP contribution in [0.5, 0.6) is 11.5 Å². The predicted octanol–water partition coefficient (Wildman–Crippen LogP) is 4.21. The fourth-order valence-corrected chi connectivity index (χ4v) is 2.86. The van der Waals surface area contributed by atoms with Crippen molar-refractivity contribution in [1.82, 2.24) is 0 Å². The quantitative estimate of drug-likeness (QED) is 0.687. The molecule has 0 radical (unpaired) electrons. The minimum Gasteiger partial charge on any atom is -0.486 e. The van der Waals surface area contributed by atoms with Crippen LogP contribution in [0.15, 0.2) is 59.2 Å². The van der Waals surface area contributed by atoms with Crippen molar-refractivity contribution < 1.29 is 23.5 Å². The van der Waals surface area contributed by atoms with Gasteiger partial charge in [-0.15, -0.1) is 0 Å². The van der Waals surface area contributed by atoms with Crippen molar-refractivity contribution in [3.8, 4) is 11.5 Å². The van der Waals surface area contributed by atoms with E-state index >= 15 is 0 Å². The fraction of sp³-hybridized carbons (Fsp3) is 0.100. The zero-order chi connectivity index (χ0) is 19.5. The van der Waals surface area contributed by atoms with Crippen LogP contribution in [0.4, 0.5) is 11.4 Å². The molecule has 0 bridgehead atoms. The van der Waals surface area contributed by atoms with Crippen molar-refractivity contribution in [2.24, 2.45) is 0 Å². The molecule has 0 fully saturated rings. The van der Waals surface area contributed by atoms with Gasteiger partial charge in [0, 0.05) is 23.4 Å². The number of furan rings is 1. The molecule has 28 heavy (non-hydrogen) atoms. The summed E-state index contributed by atoms with van der Waals surface area (Å²) in [5.41, 5.74) is 1.36. The molecule has 1 aliphatic rings. The van der Waals surface area contributed by atoms with E-state index in [2.05, 4.69) is 10.6 Å². The van der Waals surface area contributed by atoms with Crippen LogP contribution in [0.1, 0.15) is 20.9 Å². The number of amides is 2. The number of carbonyl (C=O) groups excluding carboxylic acids is 2. The number of benzene rings is 2. The number of anilines is 2. The highest BCUT2D eigenvalue weighted by atomic mass is 35.5. The number of rotatable bonds is 4. The monoisotopic (exact) mass is 398 g/mol. The van der Waals surface area contributed by atoms with Gasteiger partial charge in [-0.25, -0.2) is 0 Å². The molecule has 0 saturated heterocycles. The van der Waals surface area contributed by atoms with Crippen LogP contribution in [-0.2, 0) is 0 Å². The standard InChI is InChI=1S/C20H15ClN2O5/c21-14-10-17-18(28-9-8-27-17)11-15(14)23-19(24)12-3-5-13(6-4-12)22-20(25)16-2-1-7-26-16/h1-7,10-11H,8-9H2,(H,22,25)(H,23,24). The van der Waals surface area contributed by atoms with E-state index in [0.717, 1.165) is 0 Å². The molecule has 2 N–H and O–H groups in total. The molecule has 2 heterocycles. The van der Waals surface area contributed by atoms with Gasteiger partial charge < -0.3 is 24.5 Å². The van der Waals surface area contributed by atoms with Gasteiger partial charge in [0.1, 0.15) is 13.2 Å². The summed E-state index contributed by atoms with van der Waals surface area (Å²) in [6.45, 7) is 0.894. The maximum Gasteiger partial charge on any atom is 0.291 e. The second-order valence-corrected chi connectivity index (χ2v) is 6.35. The van der Waals surface area contributed by atoms with Gasteiger partial charge in [-0.3, -0.25) is 9.59 Å². The highest BCUT2D eigenvalue weighted by Gasteiger charge is 2.17. The molecule has 7 nitrogen and oxygen atoms in total. The molecular formula is C20H15ClN2O5. The van der Waals surface area contributed by atoms with Gasteiger partial charge in [0.15, 0.2) is 17.3 Å². The summed E-state index contributed by atoms with van der Waals surface area (Å²) < 4.78 is 16.0. The Morgan fingerprint density at radius 1 is 0.893 bits per heavy atom. The lowest BCUT2D eigenvalue weighted by atomic mass is 10.1. The van der Waals surface area contributed by atoms with Crippen molar-refractivity contribution in [1.29, 1.82) is 0 Å². The molecule has 1 aromatic heterocycles. The second-order valence-electron chi connectivity index (χ2n) is 5.94. The number of hydrogen-bond donors (Lipinski definition) is 2. The second kappa shape index (κ2) is 7.66. The SMILES string of the molecule is O=C(Nc1cc2c(cc1Cl)OCCO2)c1ccc(NC(=O)c2ccco2)cc1. The summed E-state index contributed by atoms with van der Waals surface area (Å²) in [6, 6.07) is 12.9. The average Bonchev–Trinajstić information content (AvgIpc) is 3.24. The minimum absolute atomic E-state index is 0.204. The lowest BCUT2D eigenvalue weighted by Gasteiger charge is -2.20. The summed E-state index contributed by atoms with van der Waals surface area (Å²) in [7, 11) is 0. The molecule has 1 aliphatic heterocycles. The molecule has 3 aromatic rings. The zero-order valence-electron chi connectivity index (χ0n) is 14.5. The van der Waals surface area contributed by atoms with Gasteiger partial charge in [-0.05, 0) is 36.4 Å². The van der Waals surface area contributed by atoms with Crippen LogP contribution < -0.4 is 20.1 Å². The maximum absolute atomic E-state index is 12.5. The lowest BCUT2D eigenvalue weighted by Crippen LogP contribution is -2.17. The van der Waals surface area contributed by atoms with E-state index in [0.29, 0.717) is 46.7 Å². The van der Waals surface area contributed by atoms with Crippen molar-refractivity contribution in [3.05, 3.63) is 71.1 Å². The van der Waals surface area contributed by atoms with E-state index < -0.39 is 0 Å². The molecule has 2 aromatic carbocycles. The highest BCUT2D eigenvalue weighted by Crippen LogP contribution is 2.38. The Balaban J connectivity index is 1.44. The summed E-state index contributed by atoms with van der Waals surface area (Å²) in [5, 5.41) is 5.79. The van der Waals surface area contributed by atoms with E-state index in [1.54, 1.807) is 48.5 Å². The summed E-state index contributed by atoms with van der Waals surface area (Å²) in [4.78, 5) is 24.5. The fourth-order valence-electron chi connectivity index (χ4n) is 2.66. The van der Waals surface area contributed by atoms with Crippen molar-refractivity contribution in [2.45, 2.75) is 0 Å². The Morgan fingerprint density at radius 2 is 1.61 bits per heavy atom. The minimum atomic E-state index is -0.370. The van der Waals surface area contributed by atoms with Crippen LogP contribution in [0.25, 0.3) is 0 Å². The maximum atomic E-state index is 12.5. The summed E-state index contributed by atoms with van der Waals surface area (Å²) in [6.07, 6.45) is 1.42. The third-order valence-electron chi connectivity index (χ3n) is 4.03. The van der Waals surface area contributed by atoms with Gasteiger partial charge in [0.05, 0.1) is 17.0 Å². The summed E-state index contributed by atoms with van der Waals surface area (Å²) >= 11 is 6.22. The number of fused-ring (bicyclic) bond motifs is 1. The Hall–Kier alpha value is -3.45. The molecule has 0 saturated carbocycles. The van der Waals surface area contributed by atoms with Crippen LogP contribution in [0, 0.1) is 0 Å². The molecule has 0 aliphatic carbocycles. The molecule has 0 unspecified atom stereocenters. The van der Waals surface area contributed by atoms with Crippen LogP contribution >= 0.6 is 11.6 Å². The number of hydrogen-bond acceptors (Lipinski definition) is 5. The first kappa shape index (κ1) is 17.9. The van der Waals surface area contributed by atoms with Crippen molar-refractivity contribution in [2.75, 3.05) is 23.8 Å². The number of nitrogens with one attached hydrogen (secondary N) is 2. The zero-order valence-corrected chi connectivity index (χ0v) is 15.3. The average molecular weight is 399 g/mol. The topological polar surface area (TPSA) is 89.8 Å². The normalized spacial score (nSPS) is 12.3. The number of carbonyl (C=O) groups is 2. The van der Waals surface area contributed by atoms with Gasteiger partial charge in [-0.1, -0.05) is 11.6 Å². The number of ether oxygens (including phenoxy) is 2. The van der Waals surface area contributed by atoms with Gasteiger partial charge >= 0.3 is 0 Å². The van der Waals surface area contributed by atoms with Crippen LogP contribution in [0.3, 0.4) is 0 Å². The molecule has 0 spiro atoms. The third-order valence-corrected chi connectivity index (χ3v) is 4.34. The predicted molar refractivity (Wildman–Crippen MR) is 103 cm³/mol. The third kappa shape index (κ3) is 3.79. The number of halogens is 1. The molecule has 2 amide bonds. The molecule has 142 valence electrons. The Morgan fingerprint density at radius 3 is 2.29 bits per heavy atom. The largest absolute Gasteiger partial charge is 0.486 e. The Bertz CT molecular complexity index is 1020. The Labute approximate surface area is 165 Å². The van der Waals surface area contributed by atoms with Crippen molar-refractivity contribution >= 4 is 34.8 Å². The molecule has 4 rings (SSSR count). The van der Waals surface area contributed by atoms with Gasteiger partial charge in [0.2, 0.25) is 0 Å². The highest BCUT2D eigenvalue weighted by molar-refractivity contribution is 6.34. The molecule has 8 heteroatoms. The van der Waals surface area contributed by atoms with Crippen LogP contribution in [-0.4, -0.2) is 25.0 Å². The van der Waals surface area contributed by atoms with Crippen molar-refractivity contribution in [3.63, 3.8) is 0 Å². The van der Waals surface area contributed by atoms with E-state index in [9.17, 15) is 9.59 Å². The van der Waals surface area contributed by atoms with Crippen LogP contribution in [0.2, 0.25) is 5.02 Å². The molecule has 0 atom stereocenters. The lowest BCUT2D eigenvalue weighted by molar-refractivity contribution is 0.0995. The van der Waals surface area contributed by atoms with E-state index in [1.807, 2.05) is 0 Å². The first-order valence-electron chi connectivity index (χ1n) is 8.45. The van der Waals surface area contributed by atoms with E-state index in [1.165, 1.54) is 6.26 Å². The van der Waals surface area contributed by atoms with E-state index in [4.69, 9.17) is 25.5 Å². The van der Waals surface area contributed by atoms with Gasteiger partial charge in [0.25, 0.3) is 11.8 Å². The molecular weight excluding hydrogens is 384 g/mol. The Kier molecular flexibility index (Phi) is 4.90. The first-order valence-corrected chi connectivity index (χ1v) is 8.83.